The van der Waals surface area contributed by atoms with Crippen LogP contribution >= 0.6 is 0 Å². The topological polar surface area (TPSA) is 29.5 Å². The second-order valence-corrected chi connectivity index (χ2v) is 4.99. The molecular weight excluding hydrogens is 250 g/mol. The summed E-state index contributed by atoms with van der Waals surface area (Å²) in [6.07, 6.45) is 0.901. The summed E-state index contributed by atoms with van der Waals surface area (Å²) in [6, 6.07) is 15.8. The third-order valence-corrected chi connectivity index (χ3v) is 3.70. The summed E-state index contributed by atoms with van der Waals surface area (Å²) in [5, 5.41) is 0. The molecule has 0 unspecified atom stereocenters. The second-order valence-electron chi connectivity index (χ2n) is 4.99. The van der Waals surface area contributed by atoms with Gasteiger partial charge in [-0.15, -0.1) is 0 Å². The van der Waals surface area contributed by atoms with E-state index in [1.165, 1.54) is 0 Å². The third kappa shape index (κ3) is 2.39. The lowest BCUT2D eigenvalue weighted by atomic mass is 9.98. The number of methoxy groups -OCH3 is 1. The first-order chi connectivity index (χ1) is 9.78. The molecule has 0 N–H and O–H groups in total. The zero-order chi connectivity index (χ0) is 13.9. The first kappa shape index (κ1) is 12.7. The Morgan fingerprint density at radius 2 is 1.95 bits per heavy atom. The highest BCUT2D eigenvalue weighted by molar-refractivity contribution is 5.97. The quantitative estimate of drug-likeness (QED) is 0.855. The van der Waals surface area contributed by atoms with E-state index in [0.29, 0.717) is 6.54 Å². The van der Waals surface area contributed by atoms with Crippen LogP contribution in [0.25, 0.3) is 0 Å². The van der Waals surface area contributed by atoms with Gasteiger partial charge >= 0.3 is 0 Å². The molecule has 3 rings (SSSR count). The van der Waals surface area contributed by atoms with E-state index in [-0.39, 0.29) is 5.91 Å². The van der Waals surface area contributed by atoms with Gasteiger partial charge in [0.1, 0.15) is 5.75 Å². The summed E-state index contributed by atoms with van der Waals surface area (Å²) < 4.78 is 5.21. The summed E-state index contributed by atoms with van der Waals surface area (Å²) >= 11 is 0. The van der Waals surface area contributed by atoms with Crippen LogP contribution in [0.4, 0.5) is 0 Å². The lowest BCUT2D eigenvalue weighted by Gasteiger charge is -2.29. The van der Waals surface area contributed by atoms with Gasteiger partial charge in [0, 0.05) is 18.7 Å². The molecule has 0 aliphatic carbocycles. The fourth-order valence-electron chi connectivity index (χ4n) is 2.58. The van der Waals surface area contributed by atoms with Crippen LogP contribution in [0.15, 0.2) is 48.5 Å². The Balaban J connectivity index is 1.85. The molecule has 3 heteroatoms. The highest BCUT2D eigenvalue weighted by Gasteiger charge is 2.24. The summed E-state index contributed by atoms with van der Waals surface area (Å²) in [5.41, 5.74) is 3.04. The van der Waals surface area contributed by atoms with Gasteiger partial charge < -0.3 is 9.64 Å². The Bertz CT molecular complexity index is 622. The molecule has 0 saturated heterocycles. The van der Waals surface area contributed by atoms with Crippen molar-refractivity contribution in [2.45, 2.75) is 13.0 Å². The minimum absolute atomic E-state index is 0.0917. The molecule has 102 valence electrons. The van der Waals surface area contributed by atoms with Crippen LogP contribution in [0, 0.1) is 0 Å². The predicted octanol–water partition coefficient (Wildman–Crippen LogP) is 2.89. The van der Waals surface area contributed by atoms with E-state index in [2.05, 4.69) is 0 Å². The molecule has 1 aliphatic rings. The Hall–Kier alpha value is -2.29. The second kappa shape index (κ2) is 5.37. The van der Waals surface area contributed by atoms with Gasteiger partial charge in [-0.2, -0.15) is 0 Å². The minimum atomic E-state index is 0.0917. The largest absolute Gasteiger partial charge is 0.497 e. The maximum Gasteiger partial charge on any atom is 0.254 e. The molecule has 0 aromatic heterocycles. The van der Waals surface area contributed by atoms with Gasteiger partial charge in [0.25, 0.3) is 5.91 Å². The Labute approximate surface area is 118 Å². The molecule has 1 heterocycles. The molecule has 0 radical (unpaired) electrons. The molecule has 3 nitrogen and oxygen atoms in total. The molecule has 1 amide bonds. The van der Waals surface area contributed by atoms with E-state index < -0.39 is 0 Å². The van der Waals surface area contributed by atoms with E-state index in [4.69, 9.17) is 4.74 Å². The highest BCUT2D eigenvalue weighted by atomic mass is 16.5. The van der Waals surface area contributed by atoms with Crippen LogP contribution in [0.1, 0.15) is 21.5 Å². The van der Waals surface area contributed by atoms with E-state index in [0.717, 1.165) is 35.4 Å². The monoisotopic (exact) mass is 267 g/mol. The Morgan fingerprint density at radius 3 is 2.70 bits per heavy atom. The van der Waals surface area contributed by atoms with Gasteiger partial charge in [0.05, 0.1) is 7.11 Å². The maximum absolute atomic E-state index is 12.6. The molecule has 20 heavy (non-hydrogen) atoms. The van der Waals surface area contributed by atoms with Crippen molar-refractivity contribution in [3.63, 3.8) is 0 Å². The number of carbonyl (C=O) groups excluding carboxylic acids is 1. The molecule has 0 saturated carbocycles. The number of carbonyl (C=O) groups is 1. The third-order valence-electron chi connectivity index (χ3n) is 3.70. The van der Waals surface area contributed by atoms with Gasteiger partial charge in [-0.3, -0.25) is 4.79 Å². The fraction of sp³-hybridized carbons (Fsp3) is 0.235. The van der Waals surface area contributed by atoms with Gasteiger partial charge in [-0.25, -0.2) is 0 Å². The van der Waals surface area contributed by atoms with Crippen molar-refractivity contribution < 1.29 is 9.53 Å². The predicted molar refractivity (Wildman–Crippen MR) is 77.9 cm³/mol. The van der Waals surface area contributed by atoms with Crippen LogP contribution in [-0.2, 0) is 13.0 Å². The fourth-order valence-corrected chi connectivity index (χ4v) is 2.58. The van der Waals surface area contributed by atoms with Gasteiger partial charge in [0.2, 0.25) is 0 Å². The van der Waals surface area contributed by atoms with Crippen LogP contribution in [0.2, 0.25) is 0 Å². The molecule has 0 fully saturated rings. The average Bonchev–Trinajstić information content (AvgIpc) is 2.51. The summed E-state index contributed by atoms with van der Waals surface area (Å²) in [7, 11) is 1.62. The highest BCUT2D eigenvalue weighted by Crippen LogP contribution is 2.24. The summed E-state index contributed by atoms with van der Waals surface area (Å²) in [4.78, 5) is 14.5. The normalized spacial score (nSPS) is 14.1. The number of amides is 1. The lowest BCUT2D eigenvalue weighted by molar-refractivity contribution is 0.0726. The van der Waals surface area contributed by atoms with Crippen molar-refractivity contribution >= 4 is 5.91 Å². The van der Waals surface area contributed by atoms with Crippen LogP contribution in [0.3, 0.4) is 0 Å². The van der Waals surface area contributed by atoms with Crippen LogP contribution in [-0.4, -0.2) is 24.5 Å². The molecule has 0 bridgehead atoms. The first-order valence-electron chi connectivity index (χ1n) is 6.78. The SMILES string of the molecule is COc1ccc2c(c1)C(=O)N(Cc1ccccc1)CC2. The van der Waals surface area contributed by atoms with E-state index >= 15 is 0 Å². The van der Waals surface area contributed by atoms with Crippen molar-refractivity contribution in [1.82, 2.24) is 4.90 Å². The smallest absolute Gasteiger partial charge is 0.254 e. The number of hydrogen-bond acceptors (Lipinski definition) is 2. The molecule has 0 spiro atoms. The maximum atomic E-state index is 12.6. The average molecular weight is 267 g/mol. The van der Waals surface area contributed by atoms with Crippen molar-refractivity contribution in [3.05, 3.63) is 65.2 Å². The number of rotatable bonds is 3. The number of nitrogens with zero attached hydrogens (tertiary/aromatic N) is 1. The Morgan fingerprint density at radius 1 is 1.15 bits per heavy atom. The number of hydrogen-bond donors (Lipinski definition) is 0. The molecule has 1 aliphatic heterocycles. The van der Waals surface area contributed by atoms with Crippen molar-refractivity contribution in [2.75, 3.05) is 13.7 Å². The number of ether oxygens (including phenoxy) is 1. The zero-order valence-electron chi connectivity index (χ0n) is 11.5. The van der Waals surface area contributed by atoms with Crippen molar-refractivity contribution in [1.29, 1.82) is 0 Å². The van der Waals surface area contributed by atoms with Crippen molar-refractivity contribution in [3.8, 4) is 5.75 Å². The lowest BCUT2D eigenvalue weighted by Crippen LogP contribution is -2.37. The minimum Gasteiger partial charge on any atom is -0.497 e. The number of benzene rings is 2. The number of fused-ring (bicyclic) bond motifs is 1. The van der Waals surface area contributed by atoms with E-state index in [9.17, 15) is 4.79 Å². The van der Waals surface area contributed by atoms with Crippen molar-refractivity contribution in [2.24, 2.45) is 0 Å². The van der Waals surface area contributed by atoms with Crippen LogP contribution < -0.4 is 4.74 Å². The molecule has 2 aromatic rings. The van der Waals surface area contributed by atoms with Gasteiger partial charge in [-0.1, -0.05) is 36.4 Å². The summed E-state index contributed by atoms with van der Waals surface area (Å²) in [6.45, 7) is 1.43. The molecular formula is C17H17NO2. The Kier molecular flexibility index (Phi) is 3.42. The van der Waals surface area contributed by atoms with Crippen LogP contribution in [0.5, 0.6) is 5.75 Å². The van der Waals surface area contributed by atoms with E-state index in [1.54, 1.807) is 7.11 Å². The molecule has 0 atom stereocenters. The zero-order valence-corrected chi connectivity index (χ0v) is 11.5. The summed E-state index contributed by atoms with van der Waals surface area (Å²) in [5.74, 6) is 0.827. The first-order valence-corrected chi connectivity index (χ1v) is 6.78. The standard InChI is InChI=1S/C17H17NO2/c1-20-15-8-7-14-9-10-18(17(19)16(14)11-15)12-13-5-3-2-4-6-13/h2-8,11H,9-10,12H2,1H3. The van der Waals surface area contributed by atoms with E-state index in [1.807, 2.05) is 53.4 Å². The van der Waals surface area contributed by atoms with Gasteiger partial charge in [0.15, 0.2) is 0 Å². The van der Waals surface area contributed by atoms with Gasteiger partial charge in [-0.05, 0) is 29.7 Å². The molecule has 2 aromatic carbocycles.